The zero-order chi connectivity index (χ0) is 16.9. The molecule has 1 aliphatic rings. The second kappa shape index (κ2) is 7.31. The Kier molecular flexibility index (Phi) is 4.96. The number of nitrogens with zero attached hydrogens (tertiary/aromatic N) is 2. The molecule has 0 atom stereocenters. The van der Waals surface area contributed by atoms with Crippen molar-refractivity contribution < 1.29 is 9.18 Å². The van der Waals surface area contributed by atoms with Crippen LogP contribution in [0.3, 0.4) is 0 Å². The Bertz CT molecular complexity index is 714. The number of halogens is 1. The summed E-state index contributed by atoms with van der Waals surface area (Å²) in [6.45, 7) is 3.16. The van der Waals surface area contributed by atoms with E-state index in [0.717, 1.165) is 13.1 Å². The molecule has 2 aromatic carbocycles. The lowest BCUT2D eigenvalue weighted by Crippen LogP contribution is -2.48. The van der Waals surface area contributed by atoms with E-state index in [1.165, 1.54) is 6.07 Å². The molecule has 0 aliphatic carbocycles. The molecule has 24 heavy (non-hydrogen) atoms. The molecule has 0 bridgehead atoms. The first kappa shape index (κ1) is 16.3. The third-order valence-corrected chi connectivity index (χ3v) is 4.10. The Hall–Kier alpha value is -2.60. The van der Waals surface area contributed by atoms with E-state index >= 15 is 0 Å². The van der Waals surface area contributed by atoms with Crippen molar-refractivity contribution >= 4 is 23.0 Å². The molecule has 1 fully saturated rings. The number of piperazine rings is 1. The average molecular weight is 328 g/mol. The van der Waals surface area contributed by atoms with Gasteiger partial charge in [0.1, 0.15) is 5.82 Å². The maximum atomic E-state index is 13.8. The van der Waals surface area contributed by atoms with Crippen molar-refractivity contribution in [3.05, 3.63) is 54.3 Å². The topological polar surface area (TPSA) is 61.6 Å². The molecule has 0 saturated carbocycles. The summed E-state index contributed by atoms with van der Waals surface area (Å²) in [5.74, 6) is -0.273. The minimum absolute atomic E-state index is 0.0695. The van der Waals surface area contributed by atoms with Crippen LogP contribution in [0.4, 0.5) is 21.5 Å². The van der Waals surface area contributed by atoms with Gasteiger partial charge in [-0.25, -0.2) is 4.39 Å². The van der Waals surface area contributed by atoms with E-state index in [-0.39, 0.29) is 11.7 Å². The first-order valence-corrected chi connectivity index (χ1v) is 7.99. The summed E-state index contributed by atoms with van der Waals surface area (Å²) in [7, 11) is 0. The molecule has 3 N–H and O–H groups in total. The number of hydrogen-bond donors (Lipinski definition) is 2. The SMILES string of the molecule is Nc1cccc(NC(=O)CN2CCN(c3ccccc3F)CC2)c1. The van der Waals surface area contributed by atoms with Crippen molar-refractivity contribution in [3.8, 4) is 0 Å². The fraction of sp³-hybridized carbons (Fsp3) is 0.278. The van der Waals surface area contributed by atoms with Gasteiger partial charge in [0.2, 0.25) is 5.91 Å². The van der Waals surface area contributed by atoms with Gasteiger partial charge in [-0.15, -0.1) is 0 Å². The minimum Gasteiger partial charge on any atom is -0.399 e. The van der Waals surface area contributed by atoms with Crippen LogP contribution in [0.1, 0.15) is 0 Å². The normalized spacial score (nSPS) is 15.3. The van der Waals surface area contributed by atoms with Gasteiger partial charge in [-0.05, 0) is 30.3 Å². The van der Waals surface area contributed by atoms with E-state index in [4.69, 9.17) is 5.73 Å². The van der Waals surface area contributed by atoms with Crippen molar-refractivity contribution in [2.45, 2.75) is 0 Å². The maximum Gasteiger partial charge on any atom is 0.238 e. The van der Waals surface area contributed by atoms with Crippen molar-refractivity contribution in [2.24, 2.45) is 0 Å². The molecule has 3 rings (SSSR count). The molecule has 2 aromatic rings. The molecule has 1 saturated heterocycles. The van der Waals surface area contributed by atoms with Gasteiger partial charge in [0.05, 0.1) is 12.2 Å². The number of nitrogens with one attached hydrogen (secondary N) is 1. The third-order valence-electron chi connectivity index (χ3n) is 4.10. The van der Waals surface area contributed by atoms with Gasteiger partial charge in [-0.2, -0.15) is 0 Å². The second-order valence-corrected chi connectivity index (χ2v) is 5.89. The lowest BCUT2D eigenvalue weighted by molar-refractivity contribution is -0.117. The van der Waals surface area contributed by atoms with E-state index in [0.29, 0.717) is 36.7 Å². The lowest BCUT2D eigenvalue weighted by atomic mass is 10.2. The first-order valence-electron chi connectivity index (χ1n) is 7.99. The minimum atomic E-state index is -0.203. The highest BCUT2D eigenvalue weighted by atomic mass is 19.1. The molecule has 0 spiro atoms. The highest BCUT2D eigenvalue weighted by Crippen LogP contribution is 2.20. The zero-order valence-corrected chi connectivity index (χ0v) is 13.4. The van der Waals surface area contributed by atoms with Crippen molar-refractivity contribution in [3.63, 3.8) is 0 Å². The van der Waals surface area contributed by atoms with E-state index in [1.54, 1.807) is 30.3 Å². The van der Waals surface area contributed by atoms with E-state index in [2.05, 4.69) is 10.2 Å². The molecule has 5 nitrogen and oxygen atoms in total. The number of hydrogen-bond acceptors (Lipinski definition) is 4. The second-order valence-electron chi connectivity index (χ2n) is 5.89. The fourth-order valence-corrected chi connectivity index (χ4v) is 2.88. The van der Waals surface area contributed by atoms with Crippen LogP contribution in [0, 0.1) is 5.82 Å². The van der Waals surface area contributed by atoms with E-state index in [1.807, 2.05) is 17.0 Å². The number of nitrogens with two attached hydrogens (primary N) is 1. The summed E-state index contributed by atoms with van der Waals surface area (Å²) in [5, 5.41) is 2.85. The van der Waals surface area contributed by atoms with Crippen molar-refractivity contribution in [1.29, 1.82) is 0 Å². The molecular weight excluding hydrogens is 307 g/mol. The Morgan fingerprint density at radius 3 is 2.54 bits per heavy atom. The monoisotopic (exact) mass is 328 g/mol. The summed E-state index contributed by atoms with van der Waals surface area (Å²) in [4.78, 5) is 16.2. The molecule has 0 aromatic heterocycles. The van der Waals surface area contributed by atoms with Crippen LogP contribution in [0.15, 0.2) is 48.5 Å². The summed E-state index contributed by atoms with van der Waals surface area (Å²) in [6, 6.07) is 13.9. The fourth-order valence-electron chi connectivity index (χ4n) is 2.88. The molecule has 126 valence electrons. The van der Waals surface area contributed by atoms with Crippen LogP contribution < -0.4 is 16.0 Å². The summed E-state index contributed by atoms with van der Waals surface area (Å²) >= 11 is 0. The number of nitrogen functional groups attached to an aromatic ring is 1. The molecule has 1 aliphatic heterocycles. The maximum absolute atomic E-state index is 13.8. The van der Waals surface area contributed by atoms with E-state index in [9.17, 15) is 9.18 Å². The molecular formula is C18H21FN4O. The predicted octanol–water partition coefficient (Wildman–Crippen LogP) is 2.17. The van der Waals surface area contributed by atoms with Crippen LogP contribution in [-0.2, 0) is 4.79 Å². The van der Waals surface area contributed by atoms with Crippen molar-refractivity contribution in [2.75, 3.05) is 48.7 Å². The summed E-state index contributed by atoms with van der Waals surface area (Å²) < 4.78 is 13.8. The molecule has 0 radical (unpaired) electrons. The van der Waals surface area contributed by atoms with Gasteiger partial charge in [-0.1, -0.05) is 18.2 Å². The number of benzene rings is 2. The molecule has 0 unspecified atom stereocenters. The average Bonchev–Trinajstić information content (AvgIpc) is 2.56. The standard InChI is InChI=1S/C18H21FN4O/c19-16-6-1-2-7-17(16)23-10-8-22(9-11-23)13-18(24)21-15-5-3-4-14(20)12-15/h1-7,12H,8-11,13,20H2,(H,21,24). The molecule has 1 amide bonds. The number of carbonyl (C=O) groups excluding carboxylic acids is 1. The van der Waals surface area contributed by atoms with Crippen LogP contribution in [0.2, 0.25) is 0 Å². The van der Waals surface area contributed by atoms with Crippen LogP contribution in [0.5, 0.6) is 0 Å². The van der Waals surface area contributed by atoms with Gasteiger partial charge in [0, 0.05) is 37.6 Å². The number of rotatable bonds is 4. The summed E-state index contributed by atoms with van der Waals surface area (Å²) in [5.41, 5.74) is 7.65. The first-order chi connectivity index (χ1) is 11.6. The highest BCUT2D eigenvalue weighted by molar-refractivity contribution is 5.92. The predicted molar refractivity (Wildman–Crippen MR) is 94.5 cm³/mol. The van der Waals surface area contributed by atoms with Crippen LogP contribution in [0.25, 0.3) is 0 Å². The van der Waals surface area contributed by atoms with Gasteiger partial charge in [-0.3, -0.25) is 9.69 Å². The highest BCUT2D eigenvalue weighted by Gasteiger charge is 2.20. The summed E-state index contributed by atoms with van der Waals surface area (Å²) in [6.07, 6.45) is 0. The molecule has 1 heterocycles. The van der Waals surface area contributed by atoms with Crippen LogP contribution in [-0.4, -0.2) is 43.5 Å². The quantitative estimate of drug-likeness (QED) is 0.845. The van der Waals surface area contributed by atoms with Gasteiger partial charge >= 0.3 is 0 Å². The number of anilines is 3. The Balaban J connectivity index is 1.50. The Morgan fingerprint density at radius 1 is 1.08 bits per heavy atom. The lowest BCUT2D eigenvalue weighted by Gasteiger charge is -2.35. The Labute approximate surface area is 140 Å². The Morgan fingerprint density at radius 2 is 1.83 bits per heavy atom. The van der Waals surface area contributed by atoms with E-state index < -0.39 is 0 Å². The molecule has 6 heteroatoms. The van der Waals surface area contributed by atoms with Gasteiger partial charge in [0.25, 0.3) is 0 Å². The van der Waals surface area contributed by atoms with Crippen molar-refractivity contribution in [1.82, 2.24) is 4.90 Å². The largest absolute Gasteiger partial charge is 0.399 e. The van der Waals surface area contributed by atoms with Gasteiger partial charge in [0.15, 0.2) is 0 Å². The number of amides is 1. The number of para-hydroxylation sites is 1. The zero-order valence-electron chi connectivity index (χ0n) is 13.4. The third kappa shape index (κ3) is 4.02. The van der Waals surface area contributed by atoms with Crippen LogP contribution >= 0.6 is 0 Å². The number of carbonyl (C=O) groups is 1. The smallest absolute Gasteiger partial charge is 0.238 e. The van der Waals surface area contributed by atoms with Gasteiger partial charge < -0.3 is 16.0 Å².